The third-order valence-corrected chi connectivity index (χ3v) is 4.39. The molecule has 1 aliphatic rings. The summed E-state index contributed by atoms with van der Waals surface area (Å²) in [5, 5.41) is 0. The highest BCUT2D eigenvalue weighted by Gasteiger charge is 2.39. The number of nitrogens with zero attached hydrogens (tertiary/aromatic N) is 2. The summed E-state index contributed by atoms with van der Waals surface area (Å²) in [6.45, 7) is 0. The average Bonchev–Trinajstić information content (AvgIpc) is 2.66. The molecular weight excluding hydrogens is 236 g/mol. The van der Waals surface area contributed by atoms with E-state index in [2.05, 4.69) is 9.88 Å². The van der Waals surface area contributed by atoms with Crippen molar-refractivity contribution >= 4 is 5.78 Å². The van der Waals surface area contributed by atoms with E-state index in [1.165, 1.54) is 12.8 Å². The SMILES string of the molecule is CN(C)C1(C(=O)Cc2cccnc2)CCCCCC1. The van der Waals surface area contributed by atoms with Crippen molar-refractivity contribution in [3.63, 3.8) is 0 Å². The number of carbonyl (C=O) groups excluding carboxylic acids is 1. The molecule has 1 fully saturated rings. The van der Waals surface area contributed by atoms with Crippen molar-refractivity contribution < 1.29 is 4.79 Å². The predicted octanol–water partition coefficient (Wildman–Crippen LogP) is 2.85. The zero-order valence-electron chi connectivity index (χ0n) is 12.1. The molecule has 19 heavy (non-hydrogen) atoms. The molecule has 0 spiro atoms. The summed E-state index contributed by atoms with van der Waals surface area (Å²) >= 11 is 0. The van der Waals surface area contributed by atoms with Gasteiger partial charge < -0.3 is 0 Å². The van der Waals surface area contributed by atoms with Crippen LogP contribution in [0.3, 0.4) is 0 Å². The van der Waals surface area contributed by atoms with Crippen molar-refractivity contribution in [1.82, 2.24) is 9.88 Å². The Labute approximate surface area is 116 Å². The molecule has 1 aromatic rings. The van der Waals surface area contributed by atoms with Gasteiger partial charge in [0.15, 0.2) is 5.78 Å². The quantitative estimate of drug-likeness (QED) is 0.780. The minimum Gasteiger partial charge on any atom is -0.297 e. The van der Waals surface area contributed by atoms with Gasteiger partial charge in [-0.3, -0.25) is 14.7 Å². The Kier molecular flexibility index (Phi) is 4.70. The molecule has 0 saturated heterocycles. The molecule has 0 N–H and O–H groups in total. The van der Waals surface area contributed by atoms with E-state index in [-0.39, 0.29) is 5.54 Å². The Morgan fingerprint density at radius 1 is 1.26 bits per heavy atom. The first-order chi connectivity index (χ1) is 9.15. The van der Waals surface area contributed by atoms with E-state index in [1.807, 2.05) is 26.2 Å². The van der Waals surface area contributed by atoms with Gasteiger partial charge in [-0.15, -0.1) is 0 Å². The van der Waals surface area contributed by atoms with Crippen LogP contribution in [0.5, 0.6) is 0 Å². The summed E-state index contributed by atoms with van der Waals surface area (Å²) in [6, 6.07) is 3.89. The summed E-state index contributed by atoms with van der Waals surface area (Å²) in [7, 11) is 4.10. The van der Waals surface area contributed by atoms with Gasteiger partial charge in [0.1, 0.15) is 0 Å². The van der Waals surface area contributed by atoms with Gasteiger partial charge in [-0.2, -0.15) is 0 Å². The van der Waals surface area contributed by atoms with E-state index < -0.39 is 0 Å². The van der Waals surface area contributed by atoms with Gasteiger partial charge in [-0.05, 0) is 38.6 Å². The molecule has 0 aliphatic heterocycles. The van der Waals surface area contributed by atoms with Crippen molar-refractivity contribution in [1.29, 1.82) is 0 Å². The lowest BCUT2D eigenvalue weighted by molar-refractivity contribution is -0.130. The molecular formula is C16H24N2O. The maximum absolute atomic E-state index is 12.8. The summed E-state index contributed by atoms with van der Waals surface area (Å²) in [5.41, 5.74) is 0.768. The second-order valence-electron chi connectivity index (χ2n) is 5.80. The molecule has 3 nitrogen and oxygen atoms in total. The van der Waals surface area contributed by atoms with Crippen LogP contribution in [0.15, 0.2) is 24.5 Å². The molecule has 104 valence electrons. The van der Waals surface area contributed by atoms with Crippen LogP contribution in [0.25, 0.3) is 0 Å². The van der Waals surface area contributed by atoms with Crippen LogP contribution in [0.4, 0.5) is 0 Å². The number of rotatable bonds is 4. The zero-order valence-corrected chi connectivity index (χ0v) is 12.1. The molecule has 0 amide bonds. The maximum atomic E-state index is 12.8. The monoisotopic (exact) mass is 260 g/mol. The van der Waals surface area contributed by atoms with Crippen LogP contribution in [-0.4, -0.2) is 35.3 Å². The Morgan fingerprint density at radius 2 is 1.95 bits per heavy atom. The molecule has 0 atom stereocenters. The normalized spacial score (nSPS) is 19.1. The molecule has 1 heterocycles. The fraction of sp³-hybridized carbons (Fsp3) is 0.625. The Morgan fingerprint density at radius 3 is 2.47 bits per heavy atom. The lowest BCUT2D eigenvalue weighted by Crippen LogP contribution is -2.51. The van der Waals surface area contributed by atoms with E-state index >= 15 is 0 Å². The fourth-order valence-electron chi connectivity index (χ4n) is 3.14. The van der Waals surface area contributed by atoms with Gasteiger partial charge in [-0.25, -0.2) is 0 Å². The molecule has 0 aromatic carbocycles. The van der Waals surface area contributed by atoms with Crippen LogP contribution in [0, 0.1) is 0 Å². The van der Waals surface area contributed by atoms with E-state index in [4.69, 9.17) is 0 Å². The summed E-state index contributed by atoms with van der Waals surface area (Å²) in [5.74, 6) is 0.354. The number of Topliss-reactive ketones (excluding diaryl/α,β-unsaturated/α-hetero) is 1. The van der Waals surface area contributed by atoms with E-state index in [1.54, 1.807) is 12.4 Å². The van der Waals surface area contributed by atoms with Crippen LogP contribution >= 0.6 is 0 Å². The lowest BCUT2D eigenvalue weighted by atomic mass is 9.82. The molecule has 0 radical (unpaired) electrons. The molecule has 3 heteroatoms. The standard InChI is InChI=1S/C16H24N2O/c1-18(2)16(9-5-3-4-6-10-16)15(19)12-14-8-7-11-17-13-14/h7-8,11,13H,3-6,9-10,12H2,1-2H3. The van der Waals surface area contributed by atoms with Gasteiger partial charge >= 0.3 is 0 Å². The molecule has 2 rings (SSSR count). The molecule has 1 aliphatic carbocycles. The third-order valence-electron chi connectivity index (χ3n) is 4.39. The Hall–Kier alpha value is -1.22. The molecule has 0 unspecified atom stereocenters. The number of aromatic nitrogens is 1. The highest BCUT2D eigenvalue weighted by Crippen LogP contribution is 2.32. The smallest absolute Gasteiger partial charge is 0.157 e. The van der Waals surface area contributed by atoms with E-state index in [0.717, 1.165) is 31.2 Å². The minimum atomic E-state index is -0.258. The summed E-state index contributed by atoms with van der Waals surface area (Å²) in [4.78, 5) is 19.1. The van der Waals surface area contributed by atoms with Crippen LogP contribution in [0.2, 0.25) is 0 Å². The van der Waals surface area contributed by atoms with Crippen molar-refractivity contribution in [3.8, 4) is 0 Å². The van der Waals surface area contributed by atoms with Crippen molar-refractivity contribution in [2.45, 2.75) is 50.5 Å². The number of carbonyl (C=O) groups is 1. The average molecular weight is 260 g/mol. The zero-order chi connectivity index (χ0) is 13.7. The second kappa shape index (κ2) is 6.29. The highest BCUT2D eigenvalue weighted by atomic mass is 16.1. The second-order valence-corrected chi connectivity index (χ2v) is 5.80. The van der Waals surface area contributed by atoms with Crippen LogP contribution in [-0.2, 0) is 11.2 Å². The first-order valence-electron chi connectivity index (χ1n) is 7.25. The number of pyridine rings is 1. The number of likely N-dealkylation sites (N-methyl/N-ethyl adjacent to an activating group) is 1. The van der Waals surface area contributed by atoms with Gasteiger partial charge in [0.25, 0.3) is 0 Å². The third kappa shape index (κ3) is 3.21. The van der Waals surface area contributed by atoms with Gasteiger partial charge in [-0.1, -0.05) is 31.7 Å². The first kappa shape index (κ1) is 14.2. The van der Waals surface area contributed by atoms with E-state index in [9.17, 15) is 4.79 Å². The Balaban J connectivity index is 2.16. The summed E-state index contributed by atoms with van der Waals surface area (Å²) < 4.78 is 0. The fourth-order valence-corrected chi connectivity index (χ4v) is 3.14. The molecule has 1 saturated carbocycles. The highest BCUT2D eigenvalue weighted by molar-refractivity contribution is 5.90. The lowest BCUT2D eigenvalue weighted by Gasteiger charge is -2.38. The topological polar surface area (TPSA) is 33.2 Å². The number of hydrogen-bond donors (Lipinski definition) is 0. The van der Waals surface area contributed by atoms with Crippen molar-refractivity contribution in [2.75, 3.05) is 14.1 Å². The predicted molar refractivity (Wildman–Crippen MR) is 77.1 cm³/mol. The van der Waals surface area contributed by atoms with Gasteiger partial charge in [0.05, 0.1) is 5.54 Å². The van der Waals surface area contributed by atoms with Gasteiger partial charge in [0.2, 0.25) is 0 Å². The minimum absolute atomic E-state index is 0.258. The largest absolute Gasteiger partial charge is 0.297 e. The molecule has 1 aromatic heterocycles. The maximum Gasteiger partial charge on any atom is 0.157 e. The Bertz CT molecular complexity index is 406. The van der Waals surface area contributed by atoms with Crippen molar-refractivity contribution in [2.24, 2.45) is 0 Å². The van der Waals surface area contributed by atoms with Crippen molar-refractivity contribution in [3.05, 3.63) is 30.1 Å². The number of ketones is 1. The van der Waals surface area contributed by atoms with Crippen LogP contribution in [0.1, 0.15) is 44.1 Å². The number of hydrogen-bond acceptors (Lipinski definition) is 3. The van der Waals surface area contributed by atoms with E-state index in [0.29, 0.717) is 12.2 Å². The van der Waals surface area contributed by atoms with Crippen LogP contribution < -0.4 is 0 Å². The molecule has 0 bridgehead atoms. The summed E-state index contributed by atoms with van der Waals surface area (Å²) in [6.07, 6.45) is 10.9. The van der Waals surface area contributed by atoms with Gasteiger partial charge in [0, 0.05) is 18.8 Å². The first-order valence-corrected chi connectivity index (χ1v) is 7.25.